The topological polar surface area (TPSA) is 155 Å². The summed E-state index contributed by atoms with van der Waals surface area (Å²) in [6.07, 6.45) is 49.3. The summed E-state index contributed by atoms with van der Waals surface area (Å²) in [5.74, 6) is -1.50. The number of carbonyl (C=O) groups is 3. The molecule has 3 atom stereocenters. The van der Waals surface area contributed by atoms with Gasteiger partial charge in [-0.05, 0) is 96.3 Å². The molecule has 0 spiro atoms. The van der Waals surface area contributed by atoms with Crippen LogP contribution in [0.15, 0.2) is 48.6 Å². The number of unbranched alkanes of at least 4 members (excludes halogenated alkanes) is 24. The fraction of sp³-hybridized carbons (Fsp3) is 0.796. The molecule has 0 aromatic heterocycles. The molecule has 3 unspecified atom stereocenters. The number of hydrogen-bond acceptors (Lipinski definition) is 10. The number of rotatable bonds is 49. The van der Waals surface area contributed by atoms with E-state index >= 15 is 0 Å². The molecule has 66 heavy (non-hydrogen) atoms. The second-order valence-corrected chi connectivity index (χ2v) is 19.1. The first-order chi connectivity index (χ1) is 32.2. The zero-order valence-electron chi connectivity index (χ0n) is 42.2. The SMILES string of the molecule is CCC/C=C\C/C=C\CCCCCCCC(=O)OCC(COP(=O)(O)OCC(CO)OC(=O)CCCCCCC/C=C\CCCCCC)OC(=O)CCCCCCC/C=C\CCCCCC. The fourth-order valence-electron chi connectivity index (χ4n) is 7.09. The van der Waals surface area contributed by atoms with Gasteiger partial charge in [-0.2, -0.15) is 0 Å². The number of phosphoric acid groups is 1. The number of aliphatic hydroxyl groups is 1. The Hall–Kier alpha value is -2.56. The van der Waals surface area contributed by atoms with Crippen LogP contribution in [0.2, 0.25) is 0 Å². The molecule has 0 radical (unpaired) electrons. The van der Waals surface area contributed by atoms with Crippen LogP contribution in [0.1, 0.15) is 239 Å². The second kappa shape index (κ2) is 48.9. The number of phosphoric ester groups is 1. The normalized spacial score (nSPS) is 13.8. The van der Waals surface area contributed by atoms with E-state index in [9.17, 15) is 28.9 Å². The minimum absolute atomic E-state index is 0.154. The largest absolute Gasteiger partial charge is 0.472 e. The maximum atomic E-state index is 12.8. The summed E-state index contributed by atoms with van der Waals surface area (Å²) in [6, 6.07) is 0. The van der Waals surface area contributed by atoms with Gasteiger partial charge in [0.25, 0.3) is 0 Å². The van der Waals surface area contributed by atoms with Gasteiger partial charge < -0.3 is 24.2 Å². The second-order valence-electron chi connectivity index (χ2n) is 17.7. The quantitative estimate of drug-likeness (QED) is 0.0197. The molecule has 0 rings (SSSR count). The van der Waals surface area contributed by atoms with E-state index in [0.29, 0.717) is 19.3 Å². The average molecular weight is 953 g/mol. The van der Waals surface area contributed by atoms with Crippen molar-refractivity contribution in [1.29, 1.82) is 0 Å². The molecule has 0 heterocycles. The lowest BCUT2D eigenvalue weighted by Gasteiger charge is -2.21. The number of allylic oxidation sites excluding steroid dienone is 8. The third-order valence-electron chi connectivity index (χ3n) is 11.2. The highest BCUT2D eigenvalue weighted by atomic mass is 31.2. The lowest BCUT2D eigenvalue weighted by molar-refractivity contribution is -0.161. The van der Waals surface area contributed by atoms with Crippen LogP contribution in [0, 0.1) is 0 Å². The van der Waals surface area contributed by atoms with Crippen LogP contribution in [-0.2, 0) is 42.2 Å². The van der Waals surface area contributed by atoms with Crippen molar-refractivity contribution in [2.45, 2.75) is 251 Å². The smallest absolute Gasteiger partial charge is 0.462 e. The van der Waals surface area contributed by atoms with Crippen molar-refractivity contribution >= 4 is 25.7 Å². The molecule has 0 amide bonds. The minimum Gasteiger partial charge on any atom is -0.462 e. The average Bonchev–Trinajstić information content (AvgIpc) is 3.30. The summed E-state index contributed by atoms with van der Waals surface area (Å²) < 4.78 is 39.3. The maximum absolute atomic E-state index is 12.8. The van der Waals surface area contributed by atoms with E-state index < -0.39 is 57.8 Å². The Morgan fingerprint density at radius 2 is 0.773 bits per heavy atom. The Bertz CT molecular complexity index is 1300. The van der Waals surface area contributed by atoms with Crippen LogP contribution in [0.25, 0.3) is 0 Å². The first-order valence-corrected chi connectivity index (χ1v) is 28.0. The van der Waals surface area contributed by atoms with Gasteiger partial charge in [0.05, 0.1) is 19.8 Å². The van der Waals surface area contributed by atoms with Crippen molar-refractivity contribution < 1.29 is 52.2 Å². The van der Waals surface area contributed by atoms with Crippen molar-refractivity contribution in [3.63, 3.8) is 0 Å². The van der Waals surface area contributed by atoms with Crippen LogP contribution in [-0.4, -0.2) is 66.5 Å². The summed E-state index contributed by atoms with van der Waals surface area (Å²) >= 11 is 0. The van der Waals surface area contributed by atoms with Crippen LogP contribution < -0.4 is 0 Å². The number of aliphatic hydroxyl groups excluding tert-OH is 1. The Morgan fingerprint density at radius 3 is 1.20 bits per heavy atom. The lowest BCUT2D eigenvalue weighted by Crippen LogP contribution is -2.30. The molecule has 0 aromatic rings. The molecule has 0 aliphatic rings. The van der Waals surface area contributed by atoms with Crippen LogP contribution in [0.4, 0.5) is 0 Å². The maximum Gasteiger partial charge on any atom is 0.472 e. The molecule has 2 N–H and O–H groups in total. The van der Waals surface area contributed by atoms with Crippen molar-refractivity contribution in [1.82, 2.24) is 0 Å². The highest BCUT2D eigenvalue weighted by Gasteiger charge is 2.28. The predicted molar refractivity (Wildman–Crippen MR) is 270 cm³/mol. The highest BCUT2D eigenvalue weighted by Crippen LogP contribution is 2.43. The number of hydrogen-bond donors (Lipinski definition) is 2. The van der Waals surface area contributed by atoms with E-state index in [2.05, 4.69) is 69.4 Å². The first kappa shape index (κ1) is 63.4. The zero-order chi connectivity index (χ0) is 48.4. The van der Waals surface area contributed by atoms with Crippen molar-refractivity contribution in [2.24, 2.45) is 0 Å². The summed E-state index contributed by atoms with van der Waals surface area (Å²) in [5.41, 5.74) is 0. The molecule has 11 nitrogen and oxygen atoms in total. The van der Waals surface area contributed by atoms with Crippen LogP contribution >= 0.6 is 7.82 Å². The van der Waals surface area contributed by atoms with Gasteiger partial charge in [0, 0.05) is 19.3 Å². The third kappa shape index (κ3) is 46.5. The summed E-state index contributed by atoms with van der Waals surface area (Å²) in [5, 5.41) is 9.77. The minimum atomic E-state index is -4.74. The molecule has 384 valence electrons. The summed E-state index contributed by atoms with van der Waals surface area (Å²) in [4.78, 5) is 48.3. The van der Waals surface area contributed by atoms with E-state index in [1.807, 2.05) is 0 Å². The highest BCUT2D eigenvalue weighted by molar-refractivity contribution is 7.47. The van der Waals surface area contributed by atoms with Gasteiger partial charge in [-0.3, -0.25) is 23.4 Å². The molecule has 12 heteroatoms. The number of ether oxygens (including phenoxy) is 3. The predicted octanol–water partition coefficient (Wildman–Crippen LogP) is 15.0. The molecule has 0 saturated heterocycles. The molecule has 0 fully saturated rings. The van der Waals surface area contributed by atoms with Gasteiger partial charge in [-0.15, -0.1) is 0 Å². The molecule has 0 saturated carbocycles. The Labute approximate surface area is 403 Å². The van der Waals surface area contributed by atoms with Gasteiger partial charge >= 0.3 is 25.7 Å². The van der Waals surface area contributed by atoms with E-state index in [0.717, 1.165) is 122 Å². The third-order valence-corrected chi connectivity index (χ3v) is 12.1. The van der Waals surface area contributed by atoms with Gasteiger partial charge in [0.1, 0.15) is 12.7 Å². The van der Waals surface area contributed by atoms with Gasteiger partial charge in [-0.1, -0.05) is 172 Å². The molecular formula is C54H97O11P. The Morgan fingerprint density at radius 1 is 0.424 bits per heavy atom. The van der Waals surface area contributed by atoms with Crippen molar-refractivity contribution in [3.8, 4) is 0 Å². The van der Waals surface area contributed by atoms with E-state index in [1.54, 1.807) is 0 Å². The van der Waals surface area contributed by atoms with Gasteiger partial charge in [0.2, 0.25) is 0 Å². The number of esters is 3. The van der Waals surface area contributed by atoms with Crippen LogP contribution in [0.5, 0.6) is 0 Å². The summed E-state index contributed by atoms with van der Waals surface area (Å²) in [7, 11) is -4.74. The van der Waals surface area contributed by atoms with E-state index in [-0.39, 0.29) is 25.9 Å². The van der Waals surface area contributed by atoms with E-state index in [1.165, 1.54) is 57.8 Å². The number of carbonyl (C=O) groups excluding carboxylic acids is 3. The van der Waals surface area contributed by atoms with E-state index in [4.69, 9.17) is 23.3 Å². The molecule has 0 aromatic carbocycles. The zero-order valence-corrected chi connectivity index (χ0v) is 43.1. The first-order valence-electron chi connectivity index (χ1n) is 26.5. The standard InChI is InChI=1S/C54H97O11P/c1-4-7-10-13-16-19-22-25-28-31-34-37-40-43-52(56)61-47-51(65-54(58)45-42-39-36-33-30-27-24-21-18-15-12-9-6-3)49-63-66(59,60)62-48-50(46-55)64-53(57)44-41-38-35-32-29-26-23-20-17-14-11-8-5-2/h10,13,19-24,50-51,55H,4-9,11-12,14-18,25-49H2,1-3H3,(H,59,60)/b13-10-,22-19-,23-20-,24-21-. The van der Waals surface area contributed by atoms with Crippen molar-refractivity contribution in [2.75, 3.05) is 26.4 Å². The lowest BCUT2D eigenvalue weighted by atomic mass is 10.1. The van der Waals surface area contributed by atoms with Crippen molar-refractivity contribution in [3.05, 3.63) is 48.6 Å². The molecule has 0 aliphatic heterocycles. The Kier molecular flexibility index (Phi) is 47.0. The fourth-order valence-corrected chi connectivity index (χ4v) is 7.87. The molecule has 0 bridgehead atoms. The molecular weight excluding hydrogens is 856 g/mol. The van der Waals surface area contributed by atoms with Gasteiger partial charge in [-0.25, -0.2) is 4.57 Å². The van der Waals surface area contributed by atoms with Gasteiger partial charge in [0.15, 0.2) is 6.10 Å². The monoisotopic (exact) mass is 953 g/mol. The Balaban J connectivity index is 4.75. The van der Waals surface area contributed by atoms with Crippen LogP contribution in [0.3, 0.4) is 0 Å². The molecule has 0 aliphatic carbocycles. The summed E-state index contributed by atoms with van der Waals surface area (Å²) in [6.45, 7) is 4.51.